The van der Waals surface area contributed by atoms with Crippen LogP contribution in [0.25, 0.3) is 0 Å². The molecule has 50 heavy (non-hydrogen) atoms. The summed E-state index contributed by atoms with van der Waals surface area (Å²) in [6.07, 6.45) is -5.28. The van der Waals surface area contributed by atoms with Crippen molar-refractivity contribution in [2.45, 2.75) is 37.5 Å². The molecule has 0 aliphatic rings. The number of benzene rings is 3. The number of alkyl carbamates (subject to hydrolysis) is 1. The van der Waals surface area contributed by atoms with Crippen molar-refractivity contribution >= 4 is 39.1 Å². The summed E-state index contributed by atoms with van der Waals surface area (Å²) in [7, 11) is -8.78. The molecule has 3 rings (SSSR count). The summed E-state index contributed by atoms with van der Waals surface area (Å²) < 4.78 is 49.5. The number of amides is 1. The van der Waals surface area contributed by atoms with Crippen LogP contribution in [0.5, 0.6) is 0 Å². The van der Waals surface area contributed by atoms with Crippen LogP contribution >= 0.6 is 15.6 Å². The van der Waals surface area contributed by atoms with Gasteiger partial charge in [0.25, 0.3) is 11.4 Å². The second-order valence-corrected chi connectivity index (χ2v) is 13.2. The third-order valence-electron chi connectivity index (χ3n) is 6.84. The van der Waals surface area contributed by atoms with Crippen LogP contribution in [0.15, 0.2) is 78.9 Å². The SMILES string of the molecule is COP(=O)(O)OC(CCOP(=O)(O)OCCC(OC(=O)N[C@@H](Cc1ccccc1)C(=O)O)c1ccccc1[N+](=O)[O-])c1ccccc1[N+](=O)[O-]. The Morgan fingerprint density at radius 3 is 1.76 bits per heavy atom. The number of carbonyl (C=O) groups excluding carboxylic acids is 1. The van der Waals surface area contributed by atoms with E-state index < -0.39 is 93.2 Å². The zero-order valence-corrected chi connectivity index (χ0v) is 28.0. The van der Waals surface area contributed by atoms with Gasteiger partial charge in [-0.25, -0.2) is 18.7 Å². The molecule has 5 atom stereocenters. The Morgan fingerprint density at radius 1 is 0.780 bits per heavy atom. The lowest BCUT2D eigenvalue weighted by Gasteiger charge is -2.22. The fourth-order valence-corrected chi connectivity index (χ4v) is 5.92. The average molecular weight is 742 g/mol. The summed E-state index contributed by atoms with van der Waals surface area (Å²) in [6.45, 7) is -1.39. The largest absolute Gasteiger partial charge is 0.480 e. The second-order valence-electron chi connectivity index (χ2n) is 10.2. The Kier molecular flexibility index (Phi) is 14.7. The molecular formula is C29H33N3O16P2. The summed E-state index contributed by atoms with van der Waals surface area (Å²) in [5.74, 6) is -1.38. The highest BCUT2D eigenvalue weighted by Crippen LogP contribution is 2.50. The van der Waals surface area contributed by atoms with Crippen LogP contribution in [0.1, 0.15) is 41.7 Å². The molecule has 0 fully saturated rings. The van der Waals surface area contributed by atoms with Gasteiger partial charge in [0.2, 0.25) is 0 Å². The van der Waals surface area contributed by atoms with E-state index in [1.54, 1.807) is 30.3 Å². The summed E-state index contributed by atoms with van der Waals surface area (Å²) >= 11 is 0. The molecule has 0 aliphatic heterocycles. The zero-order valence-electron chi connectivity index (χ0n) is 26.2. The molecule has 270 valence electrons. The molecule has 0 aliphatic carbocycles. The fourth-order valence-electron chi connectivity index (χ4n) is 4.54. The highest BCUT2D eigenvalue weighted by molar-refractivity contribution is 7.47. The van der Waals surface area contributed by atoms with E-state index in [0.29, 0.717) is 5.56 Å². The number of nitrogens with one attached hydrogen (secondary N) is 1. The Balaban J connectivity index is 1.70. The number of aliphatic carboxylic acids is 1. The van der Waals surface area contributed by atoms with Crippen molar-refractivity contribution in [1.29, 1.82) is 0 Å². The predicted molar refractivity (Wildman–Crippen MR) is 172 cm³/mol. The zero-order chi connectivity index (χ0) is 36.9. The predicted octanol–water partition coefficient (Wildman–Crippen LogP) is 5.38. The minimum Gasteiger partial charge on any atom is -0.480 e. The Morgan fingerprint density at radius 2 is 1.26 bits per heavy atom. The lowest BCUT2D eigenvalue weighted by Crippen LogP contribution is -2.43. The molecule has 19 nitrogen and oxygen atoms in total. The van der Waals surface area contributed by atoms with Gasteiger partial charge in [0.1, 0.15) is 18.2 Å². The summed E-state index contributed by atoms with van der Waals surface area (Å²) in [5.41, 5.74) is -0.636. The minimum absolute atomic E-state index is 0.111. The molecule has 21 heteroatoms. The van der Waals surface area contributed by atoms with Crippen LogP contribution in [-0.4, -0.2) is 63.2 Å². The number of carboxylic acid groups (broad SMARTS) is 1. The molecule has 0 spiro atoms. The Labute approximate surface area is 284 Å². The molecule has 0 saturated heterocycles. The summed E-state index contributed by atoms with van der Waals surface area (Å²) in [6, 6.07) is 17.2. The number of hydrogen-bond donors (Lipinski definition) is 4. The molecule has 4 N–H and O–H groups in total. The molecule has 0 saturated carbocycles. The van der Waals surface area contributed by atoms with Crippen molar-refractivity contribution in [2.75, 3.05) is 20.3 Å². The molecule has 3 aromatic carbocycles. The maximum absolute atomic E-state index is 12.8. The van der Waals surface area contributed by atoms with Gasteiger partial charge in [-0.05, 0) is 17.7 Å². The van der Waals surface area contributed by atoms with E-state index in [1.807, 2.05) is 0 Å². The number of phosphoric ester groups is 2. The lowest BCUT2D eigenvalue weighted by atomic mass is 10.0. The van der Waals surface area contributed by atoms with Gasteiger partial charge < -0.3 is 24.9 Å². The number of rotatable bonds is 20. The quantitative estimate of drug-likeness (QED) is 0.0642. The maximum Gasteiger partial charge on any atom is 0.472 e. The molecule has 4 unspecified atom stereocenters. The van der Waals surface area contributed by atoms with Gasteiger partial charge >= 0.3 is 27.7 Å². The number of phosphoric acid groups is 2. The molecule has 0 radical (unpaired) electrons. The fraction of sp³-hybridized carbons (Fsp3) is 0.310. The smallest absolute Gasteiger partial charge is 0.472 e. The van der Waals surface area contributed by atoms with Crippen LogP contribution in [0.3, 0.4) is 0 Å². The molecule has 3 aromatic rings. The molecule has 0 aromatic heterocycles. The third kappa shape index (κ3) is 12.4. The topological polar surface area (TPSA) is 273 Å². The van der Waals surface area contributed by atoms with E-state index in [2.05, 4.69) is 9.84 Å². The van der Waals surface area contributed by atoms with E-state index in [4.69, 9.17) is 18.3 Å². The van der Waals surface area contributed by atoms with Gasteiger partial charge in [0.15, 0.2) is 0 Å². The first-order valence-electron chi connectivity index (χ1n) is 14.5. The van der Waals surface area contributed by atoms with E-state index in [9.17, 15) is 53.8 Å². The van der Waals surface area contributed by atoms with Crippen molar-refractivity contribution in [2.24, 2.45) is 0 Å². The van der Waals surface area contributed by atoms with E-state index in [0.717, 1.165) is 19.2 Å². The Bertz CT molecular complexity index is 1740. The highest BCUT2D eigenvalue weighted by atomic mass is 31.2. The van der Waals surface area contributed by atoms with Gasteiger partial charge in [-0.15, -0.1) is 0 Å². The third-order valence-corrected chi connectivity index (χ3v) is 8.84. The van der Waals surface area contributed by atoms with Crippen molar-refractivity contribution in [1.82, 2.24) is 5.32 Å². The first-order chi connectivity index (χ1) is 23.6. The first kappa shape index (κ1) is 39.9. The van der Waals surface area contributed by atoms with Gasteiger partial charge in [-0.1, -0.05) is 54.6 Å². The van der Waals surface area contributed by atoms with Crippen molar-refractivity contribution in [3.05, 3.63) is 116 Å². The summed E-state index contributed by atoms with van der Waals surface area (Å²) in [5, 5.41) is 35.0. The minimum atomic E-state index is -4.94. The van der Waals surface area contributed by atoms with Gasteiger partial charge in [0.05, 0.1) is 34.2 Å². The number of nitro benzene ring substituents is 2. The number of ether oxygens (including phenoxy) is 1. The van der Waals surface area contributed by atoms with Gasteiger partial charge in [-0.3, -0.25) is 38.3 Å². The lowest BCUT2D eigenvalue weighted by molar-refractivity contribution is -0.386. The van der Waals surface area contributed by atoms with Crippen molar-refractivity contribution < 1.29 is 66.3 Å². The van der Waals surface area contributed by atoms with E-state index >= 15 is 0 Å². The molecule has 0 heterocycles. The molecular weight excluding hydrogens is 708 g/mol. The van der Waals surface area contributed by atoms with E-state index in [1.165, 1.54) is 36.4 Å². The summed E-state index contributed by atoms with van der Waals surface area (Å²) in [4.78, 5) is 66.5. The van der Waals surface area contributed by atoms with Crippen LogP contribution in [0, 0.1) is 20.2 Å². The highest BCUT2D eigenvalue weighted by Gasteiger charge is 2.33. The second kappa shape index (κ2) is 18.4. The van der Waals surface area contributed by atoms with E-state index in [-0.39, 0.29) is 17.5 Å². The van der Waals surface area contributed by atoms with Crippen LogP contribution in [0.4, 0.5) is 16.2 Å². The van der Waals surface area contributed by atoms with Crippen LogP contribution in [0.2, 0.25) is 0 Å². The van der Waals surface area contributed by atoms with Crippen molar-refractivity contribution in [3.63, 3.8) is 0 Å². The number of para-hydroxylation sites is 2. The van der Waals surface area contributed by atoms with Gasteiger partial charge in [-0.2, -0.15) is 0 Å². The Hall–Kier alpha value is -4.58. The number of carboxylic acids is 1. The maximum atomic E-state index is 12.8. The number of nitro groups is 2. The molecule has 1 amide bonds. The van der Waals surface area contributed by atoms with Crippen LogP contribution < -0.4 is 5.32 Å². The van der Waals surface area contributed by atoms with Crippen LogP contribution in [-0.2, 0) is 43.2 Å². The average Bonchev–Trinajstić information content (AvgIpc) is 3.07. The number of hydrogen-bond acceptors (Lipinski definition) is 13. The molecule has 0 bridgehead atoms. The number of carbonyl (C=O) groups is 2. The van der Waals surface area contributed by atoms with Crippen molar-refractivity contribution in [3.8, 4) is 0 Å². The monoisotopic (exact) mass is 741 g/mol. The first-order valence-corrected chi connectivity index (χ1v) is 17.5. The normalized spacial score (nSPS) is 15.4. The number of nitrogens with zero attached hydrogens (tertiary/aromatic N) is 2. The van der Waals surface area contributed by atoms with Gasteiger partial charge in [0, 0.05) is 38.5 Å². The standard InChI is InChI=1S/C29H33N3O16P2/c1-44-49(40,41)48-27(22-12-6-8-14-25(22)32(38)39)16-18-46-50(42,43)45-17-15-26(21-11-5-7-13-24(21)31(36)37)47-29(35)30-23(28(33)34)19-20-9-3-2-4-10-20/h2-14,23,26-27H,15-19H2,1H3,(H,30,35)(H,33,34)(H,40,41)(H,42,43)/t23-,26?,27?/m0/s1.